The number of carbonyl (C=O) groups excluding carboxylic acids is 2. The Bertz CT molecular complexity index is 732. The highest BCUT2D eigenvalue weighted by Gasteiger charge is 2.28. The molecule has 1 aromatic carbocycles. The molecule has 0 saturated carbocycles. The number of likely N-dealkylation sites (tertiary alicyclic amines) is 1. The van der Waals surface area contributed by atoms with Gasteiger partial charge < -0.3 is 10.1 Å². The summed E-state index contributed by atoms with van der Waals surface area (Å²) in [5.41, 5.74) is 3.12. The lowest BCUT2D eigenvalue weighted by molar-refractivity contribution is -0.144. The Morgan fingerprint density at radius 3 is 2.69 bits per heavy atom. The van der Waals surface area contributed by atoms with Crippen LogP contribution in [0.4, 0.5) is 5.69 Å². The molecule has 178 valence electrons. The van der Waals surface area contributed by atoms with Crippen LogP contribution in [0.2, 0.25) is 0 Å². The summed E-state index contributed by atoms with van der Waals surface area (Å²) in [5, 5.41) is 3.95. The molecule has 3 rings (SSSR count). The number of rotatable bonds is 11. The second-order valence-electron chi connectivity index (χ2n) is 8.95. The molecule has 1 unspecified atom stereocenters. The van der Waals surface area contributed by atoms with Gasteiger partial charge in [0.25, 0.3) is 0 Å². The predicted molar refractivity (Wildman–Crippen MR) is 136 cm³/mol. The van der Waals surface area contributed by atoms with Crippen LogP contribution in [-0.2, 0) is 14.3 Å². The molecule has 5 nitrogen and oxygen atoms in total. The number of hydrogen-bond donors (Lipinski definition) is 1. The van der Waals surface area contributed by atoms with Gasteiger partial charge in [-0.15, -0.1) is 0 Å². The lowest BCUT2D eigenvalue weighted by atomic mass is 10.0. The lowest BCUT2D eigenvalue weighted by Gasteiger charge is -2.34. The van der Waals surface area contributed by atoms with Crippen molar-refractivity contribution >= 4 is 39.2 Å². The Hall–Kier alpha value is -1.18. The number of carbonyl (C=O) groups is 2. The number of benzene rings is 1. The number of ether oxygens (including phenoxy) is 1. The van der Waals surface area contributed by atoms with Crippen molar-refractivity contribution < 1.29 is 14.3 Å². The van der Waals surface area contributed by atoms with Crippen molar-refractivity contribution in [3.05, 3.63) is 29.3 Å². The first-order chi connectivity index (χ1) is 15.5. The Morgan fingerprint density at radius 2 is 1.94 bits per heavy atom. The molecule has 0 aromatic heterocycles. The fraction of sp³-hybridized carbons (Fsp3) is 0.680. The van der Waals surface area contributed by atoms with E-state index in [1.54, 1.807) is 0 Å². The van der Waals surface area contributed by atoms with E-state index in [-0.39, 0.29) is 17.9 Å². The van der Waals surface area contributed by atoms with E-state index >= 15 is 0 Å². The first-order valence-corrected chi connectivity index (χ1v) is 14.5. The molecule has 7 heteroatoms. The van der Waals surface area contributed by atoms with Gasteiger partial charge in [-0.25, -0.2) is 0 Å². The summed E-state index contributed by atoms with van der Waals surface area (Å²) in [5.74, 6) is 1.27. The second-order valence-corrected chi connectivity index (χ2v) is 11.7. The van der Waals surface area contributed by atoms with E-state index in [1.807, 2.05) is 53.6 Å². The number of aryl methyl sites for hydroxylation is 2. The maximum Gasteiger partial charge on any atom is 0.305 e. The molecule has 2 atom stereocenters. The zero-order chi connectivity index (χ0) is 22.8. The molecule has 1 amide bonds. The topological polar surface area (TPSA) is 58.6 Å². The Morgan fingerprint density at radius 1 is 1.12 bits per heavy atom. The van der Waals surface area contributed by atoms with E-state index in [0.29, 0.717) is 13.0 Å². The fourth-order valence-electron chi connectivity index (χ4n) is 4.51. The van der Waals surface area contributed by atoms with Crippen LogP contribution in [0.1, 0.15) is 68.9 Å². The lowest BCUT2D eigenvalue weighted by Crippen LogP contribution is -2.47. The predicted octanol–water partition coefficient (Wildman–Crippen LogP) is 5.74. The zero-order valence-electron chi connectivity index (χ0n) is 19.6. The van der Waals surface area contributed by atoms with Crippen molar-refractivity contribution in [3.63, 3.8) is 0 Å². The SMILES string of the molecule is Cc1cccc(C)c1NC(=O)C1CCCCN1CCCOC(=O)CCCC[C@@H]1CCSS1. The zero-order valence-corrected chi connectivity index (χ0v) is 21.2. The van der Waals surface area contributed by atoms with Crippen molar-refractivity contribution in [2.75, 3.05) is 30.8 Å². The number of hydrogen-bond acceptors (Lipinski definition) is 6. The maximum atomic E-state index is 13.0. The average Bonchev–Trinajstić information content (AvgIpc) is 3.31. The van der Waals surface area contributed by atoms with Gasteiger partial charge in [-0.2, -0.15) is 0 Å². The van der Waals surface area contributed by atoms with Crippen molar-refractivity contribution in [3.8, 4) is 0 Å². The number of nitrogens with zero attached hydrogens (tertiary/aromatic N) is 1. The molecule has 1 N–H and O–H groups in total. The normalized spacial score (nSPS) is 21.4. The highest BCUT2D eigenvalue weighted by Crippen LogP contribution is 2.39. The Kier molecular flexibility index (Phi) is 10.7. The summed E-state index contributed by atoms with van der Waals surface area (Å²) in [4.78, 5) is 27.3. The van der Waals surface area contributed by atoms with Gasteiger partial charge in [0.05, 0.1) is 12.6 Å². The van der Waals surface area contributed by atoms with Gasteiger partial charge in [-0.05, 0) is 70.0 Å². The highest BCUT2D eigenvalue weighted by atomic mass is 33.1. The smallest absolute Gasteiger partial charge is 0.305 e. The fourth-order valence-corrected chi connectivity index (χ4v) is 7.53. The van der Waals surface area contributed by atoms with Gasteiger partial charge >= 0.3 is 5.97 Å². The molecule has 2 fully saturated rings. The van der Waals surface area contributed by atoms with Gasteiger partial charge in [0.2, 0.25) is 5.91 Å². The van der Waals surface area contributed by atoms with E-state index in [0.717, 1.165) is 73.7 Å². The van der Waals surface area contributed by atoms with Gasteiger partial charge in [0.1, 0.15) is 0 Å². The van der Waals surface area contributed by atoms with Crippen LogP contribution >= 0.6 is 21.6 Å². The third-order valence-electron chi connectivity index (χ3n) is 6.38. The molecule has 0 spiro atoms. The van der Waals surface area contributed by atoms with Crippen molar-refractivity contribution in [2.24, 2.45) is 0 Å². The molecular formula is C25H38N2O3S2. The van der Waals surface area contributed by atoms with E-state index in [9.17, 15) is 9.59 Å². The van der Waals surface area contributed by atoms with Crippen molar-refractivity contribution in [1.29, 1.82) is 0 Å². The standard InChI is InChI=1S/C25H38N2O3S2/c1-19-9-7-10-20(2)24(19)26-25(29)22-12-5-6-15-27(22)16-8-17-30-23(28)13-4-3-11-21-14-18-31-32-21/h7,9-10,21-22H,3-6,8,11-18H2,1-2H3,(H,26,29)/t21-,22?/m1/s1. The highest BCUT2D eigenvalue weighted by molar-refractivity contribution is 8.77. The first-order valence-electron chi connectivity index (χ1n) is 12.1. The van der Waals surface area contributed by atoms with Crippen LogP contribution in [0.25, 0.3) is 0 Å². The van der Waals surface area contributed by atoms with E-state index in [1.165, 1.54) is 18.6 Å². The third-order valence-corrected chi connectivity index (χ3v) is 9.39. The number of amides is 1. The summed E-state index contributed by atoms with van der Waals surface area (Å²) < 4.78 is 5.45. The molecule has 0 radical (unpaired) electrons. The molecule has 2 heterocycles. The van der Waals surface area contributed by atoms with E-state index < -0.39 is 0 Å². The molecule has 1 aromatic rings. The molecule has 2 aliphatic heterocycles. The van der Waals surface area contributed by atoms with Gasteiger partial charge in [-0.1, -0.05) is 52.6 Å². The number of piperidine rings is 1. The van der Waals surface area contributed by atoms with Gasteiger partial charge in [0, 0.05) is 29.7 Å². The number of para-hydroxylation sites is 1. The summed E-state index contributed by atoms with van der Waals surface area (Å²) in [6.45, 7) is 6.21. The third kappa shape index (κ3) is 7.99. The minimum absolute atomic E-state index is 0.0814. The van der Waals surface area contributed by atoms with Crippen LogP contribution in [0.5, 0.6) is 0 Å². The quantitative estimate of drug-likeness (QED) is 0.248. The molecule has 2 aliphatic rings. The number of anilines is 1. The molecular weight excluding hydrogens is 440 g/mol. The summed E-state index contributed by atoms with van der Waals surface area (Å²) in [7, 11) is 3.97. The maximum absolute atomic E-state index is 13.0. The van der Waals surface area contributed by atoms with Gasteiger partial charge in [-0.3, -0.25) is 14.5 Å². The monoisotopic (exact) mass is 478 g/mol. The molecule has 0 bridgehead atoms. The second kappa shape index (κ2) is 13.5. The molecule has 32 heavy (non-hydrogen) atoms. The van der Waals surface area contributed by atoms with Crippen molar-refractivity contribution in [2.45, 2.75) is 82.9 Å². The van der Waals surface area contributed by atoms with Crippen LogP contribution in [0.3, 0.4) is 0 Å². The van der Waals surface area contributed by atoms with Crippen molar-refractivity contribution in [1.82, 2.24) is 4.90 Å². The minimum Gasteiger partial charge on any atom is -0.466 e. The Balaban J connectivity index is 1.34. The summed E-state index contributed by atoms with van der Waals surface area (Å²) >= 11 is 0. The number of nitrogens with one attached hydrogen (secondary N) is 1. The van der Waals surface area contributed by atoms with Crippen LogP contribution in [0.15, 0.2) is 18.2 Å². The largest absolute Gasteiger partial charge is 0.466 e. The summed E-state index contributed by atoms with van der Waals surface area (Å²) in [6.07, 6.45) is 8.92. The number of unbranched alkanes of at least 4 members (excludes halogenated alkanes) is 1. The van der Waals surface area contributed by atoms with E-state index in [4.69, 9.17) is 4.74 Å². The van der Waals surface area contributed by atoms with E-state index in [2.05, 4.69) is 10.2 Å². The minimum atomic E-state index is -0.106. The summed E-state index contributed by atoms with van der Waals surface area (Å²) in [6, 6.07) is 5.97. The van der Waals surface area contributed by atoms with Crippen LogP contribution < -0.4 is 5.32 Å². The number of esters is 1. The first kappa shape index (κ1) is 25.4. The van der Waals surface area contributed by atoms with Gasteiger partial charge in [0.15, 0.2) is 0 Å². The molecule has 2 saturated heterocycles. The van der Waals surface area contributed by atoms with Crippen LogP contribution in [0, 0.1) is 13.8 Å². The molecule has 0 aliphatic carbocycles. The average molecular weight is 479 g/mol. The van der Waals surface area contributed by atoms with Crippen LogP contribution in [-0.4, -0.2) is 53.5 Å². The Labute approximate surface area is 201 Å².